The number of hydrogen-bond donors (Lipinski definition) is 1. The van der Waals surface area contributed by atoms with E-state index in [0.717, 1.165) is 28.9 Å². The van der Waals surface area contributed by atoms with Gasteiger partial charge in [-0.25, -0.2) is 8.42 Å². The van der Waals surface area contributed by atoms with Crippen molar-refractivity contribution in [3.8, 4) is 16.9 Å². The molecule has 0 unspecified atom stereocenters. The van der Waals surface area contributed by atoms with E-state index in [1.54, 1.807) is 29.6 Å². The summed E-state index contributed by atoms with van der Waals surface area (Å²) in [6.45, 7) is 2.10. The van der Waals surface area contributed by atoms with Crippen LogP contribution < -0.4 is 9.46 Å². The van der Waals surface area contributed by atoms with E-state index in [0.29, 0.717) is 17.2 Å². The molecule has 138 valence electrons. The molecular weight excluding hydrogens is 382 g/mol. The van der Waals surface area contributed by atoms with Crippen LogP contribution in [-0.2, 0) is 16.4 Å². The Morgan fingerprint density at radius 3 is 2.74 bits per heavy atom. The second-order valence-electron chi connectivity index (χ2n) is 6.27. The summed E-state index contributed by atoms with van der Waals surface area (Å²) in [4.78, 5) is 12.2. The first-order valence-electron chi connectivity index (χ1n) is 8.41. The fourth-order valence-corrected chi connectivity index (χ4v) is 5.01. The van der Waals surface area contributed by atoms with Crippen molar-refractivity contribution >= 4 is 32.8 Å². The molecule has 0 bridgehead atoms. The van der Waals surface area contributed by atoms with E-state index in [2.05, 4.69) is 4.72 Å². The molecule has 27 heavy (non-hydrogen) atoms. The Morgan fingerprint density at radius 2 is 1.93 bits per heavy atom. The van der Waals surface area contributed by atoms with Crippen LogP contribution in [0.4, 0.5) is 5.69 Å². The normalized spacial score (nSPS) is 13.1. The Balaban J connectivity index is 1.67. The van der Waals surface area contributed by atoms with Crippen LogP contribution in [0.5, 0.6) is 5.75 Å². The summed E-state index contributed by atoms with van der Waals surface area (Å²) < 4.78 is 33.7. The lowest BCUT2D eigenvalue weighted by molar-refractivity contribution is 0.102. The van der Waals surface area contributed by atoms with Crippen molar-refractivity contribution in [2.24, 2.45) is 0 Å². The number of nitrogens with one attached hydrogen (secondary N) is 1. The Morgan fingerprint density at radius 1 is 1.11 bits per heavy atom. The highest BCUT2D eigenvalue weighted by molar-refractivity contribution is 7.92. The Labute approximate surface area is 161 Å². The van der Waals surface area contributed by atoms with Gasteiger partial charge in [-0.15, -0.1) is 11.3 Å². The molecule has 5 nitrogen and oxygen atoms in total. The first-order chi connectivity index (χ1) is 12.9. The molecule has 4 rings (SSSR count). The number of benzene rings is 2. The van der Waals surface area contributed by atoms with E-state index in [4.69, 9.17) is 4.74 Å². The maximum absolute atomic E-state index is 12.8. The number of anilines is 1. The van der Waals surface area contributed by atoms with Crippen LogP contribution in [0.25, 0.3) is 11.1 Å². The maximum Gasteiger partial charge on any atom is 0.261 e. The largest absolute Gasteiger partial charge is 0.493 e. The molecule has 1 aromatic heterocycles. The number of Topliss-reactive ketones (excluding diaryl/α,β-unsaturated/α-hetero) is 1. The number of carbonyl (C=O) groups excluding carboxylic acids is 1. The smallest absolute Gasteiger partial charge is 0.261 e. The lowest BCUT2D eigenvalue weighted by atomic mass is 10.0. The van der Waals surface area contributed by atoms with Gasteiger partial charge in [-0.05, 0) is 52.4 Å². The number of thiophene rings is 1. The molecule has 0 radical (unpaired) electrons. The molecule has 0 atom stereocenters. The minimum absolute atomic E-state index is 0.150. The maximum atomic E-state index is 12.8. The third kappa shape index (κ3) is 3.48. The van der Waals surface area contributed by atoms with Gasteiger partial charge in [0.1, 0.15) is 5.75 Å². The number of fused-ring (bicyclic) bond motifs is 1. The van der Waals surface area contributed by atoms with Crippen molar-refractivity contribution in [2.75, 3.05) is 11.3 Å². The van der Waals surface area contributed by atoms with Crippen LogP contribution in [0, 0.1) is 0 Å². The molecule has 0 fully saturated rings. The Hall–Kier alpha value is -2.64. The summed E-state index contributed by atoms with van der Waals surface area (Å²) in [5.74, 6) is 0.718. The van der Waals surface area contributed by atoms with E-state index in [1.807, 2.05) is 24.3 Å². The molecule has 7 heteroatoms. The Bertz CT molecular complexity index is 1130. The third-order valence-corrected chi connectivity index (χ3v) is 6.77. The summed E-state index contributed by atoms with van der Waals surface area (Å²) in [6.07, 6.45) is 0.856. The van der Waals surface area contributed by atoms with Gasteiger partial charge in [-0.1, -0.05) is 18.2 Å². The van der Waals surface area contributed by atoms with Crippen LogP contribution in [-0.4, -0.2) is 20.8 Å². The molecule has 3 aromatic rings. The van der Waals surface area contributed by atoms with Crippen molar-refractivity contribution in [1.82, 2.24) is 0 Å². The number of hydrogen-bond acceptors (Lipinski definition) is 5. The lowest BCUT2D eigenvalue weighted by Gasteiger charge is -2.10. The summed E-state index contributed by atoms with van der Waals surface area (Å²) >= 11 is 1.22. The average Bonchev–Trinajstić information content (AvgIpc) is 3.29. The highest BCUT2D eigenvalue weighted by atomic mass is 32.2. The van der Waals surface area contributed by atoms with Gasteiger partial charge in [0.15, 0.2) is 5.78 Å². The molecule has 1 aliphatic rings. The summed E-state index contributed by atoms with van der Waals surface area (Å²) in [6, 6.07) is 14.3. The molecule has 1 aliphatic heterocycles. The zero-order chi connectivity index (χ0) is 19.0. The molecule has 2 heterocycles. The van der Waals surface area contributed by atoms with E-state index in [-0.39, 0.29) is 10.7 Å². The van der Waals surface area contributed by atoms with Gasteiger partial charge in [0, 0.05) is 13.3 Å². The lowest BCUT2D eigenvalue weighted by Crippen LogP contribution is -2.14. The zero-order valence-corrected chi connectivity index (χ0v) is 16.2. The first-order valence-corrected chi connectivity index (χ1v) is 10.8. The minimum atomic E-state index is -3.80. The number of sulfonamides is 1. The summed E-state index contributed by atoms with van der Waals surface area (Å²) in [5.41, 5.74) is 3.19. The molecular formula is C20H17NO4S2. The number of carbonyl (C=O) groups is 1. The summed E-state index contributed by atoms with van der Waals surface area (Å²) in [7, 11) is -3.80. The van der Waals surface area contributed by atoms with E-state index >= 15 is 0 Å². The van der Waals surface area contributed by atoms with Gasteiger partial charge in [0.05, 0.1) is 22.1 Å². The molecule has 2 aromatic carbocycles. The fraction of sp³-hybridized carbons (Fsp3) is 0.150. The quantitative estimate of drug-likeness (QED) is 0.647. The second-order valence-corrected chi connectivity index (χ2v) is 8.87. The van der Waals surface area contributed by atoms with Gasteiger partial charge in [0.2, 0.25) is 0 Å². The van der Waals surface area contributed by atoms with Crippen molar-refractivity contribution < 1.29 is 17.9 Å². The third-order valence-electron chi connectivity index (χ3n) is 4.40. The fourth-order valence-electron chi connectivity index (χ4n) is 3.07. The molecule has 0 aliphatic carbocycles. The van der Waals surface area contributed by atoms with Crippen LogP contribution in [0.15, 0.2) is 58.8 Å². The highest BCUT2D eigenvalue weighted by Crippen LogP contribution is 2.32. The molecule has 0 amide bonds. The molecule has 0 saturated heterocycles. The predicted molar refractivity (Wildman–Crippen MR) is 106 cm³/mol. The molecule has 0 saturated carbocycles. The van der Waals surface area contributed by atoms with Crippen LogP contribution >= 0.6 is 11.3 Å². The molecule has 0 spiro atoms. The van der Waals surface area contributed by atoms with Crippen molar-refractivity contribution in [1.29, 1.82) is 0 Å². The minimum Gasteiger partial charge on any atom is -0.493 e. The van der Waals surface area contributed by atoms with Crippen molar-refractivity contribution in [2.45, 2.75) is 18.2 Å². The second kappa shape index (κ2) is 6.83. The van der Waals surface area contributed by atoms with E-state index < -0.39 is 10.0 Å². The van der Waals surface area contributed by atoms with Crippen LogP contribution in [0.1, 0.15) is 22.2 Å². The summed E-state index contributed by atoms with van der Waals surface area (Å²) in [5, 5.41) is 1.69. The van der Waals surface area contributed by atoms with Gasteiger partial charge >= 0.3 is 0 Å². The van der Waals surface area contributed by atoms with Crippen molar-refractivity contribution in [3.63, 3.8) is 0 Å². The monoisotopic (exact) mass is 399 g/mol. The van der Waals surface area contributed by atoms with E-state index in [1.165, 1.54) is 18.3 Å². The van der Waals surface area contributed by atoms with Crippen LogP contribution in [0.3, 0.4) is 0 Å². The van der Waals surface area contributed by atoms with Gasteiger partial charge in [0.25, 0.3) is 10.0 Å². The zero-order valence-electron chi connectivity index (χ0n) is 14.6. The van der Waals surface area contributed by atoms with Crippen molar-refractivity contribution in [3.05, 3.63) is 64.4 Å². The Kier molecular flexibility index (Phi) is 4.49. The number of ketones is 1. The number of ether oxygens (including phenoxy) is 1. The topological polar surface area (TPSA) is 72.5 Å². The first kappa shape index (κ1) is 17.8. The van der Waals surface area contributed by atoms with Gasteiger partial charge in [-0.2, -0.15) is 0 Å². The number of rotatable bonds is 5. The standard InChI is InChI=1S/C20H17NO4S2/c1-13(22)20-18(8-10-26-20)21-27(23,24)17-4-2-3-14(12-17)15-5-6-19-16(11-15)7-9-25-19/h2-6,8,10-12,21H,7,9H2,1H3. The SMILES string of the molecule is CC(=O)c1sccc1NS(=O)(=O)c1cccc(-c2ccc3c(c2)CCO3)c1. The average molecular weight is 399 g/mol. The molecule has 1 N–H and O–H groups in total. The predicted octanol–water partition coefficient (Wildman–Crippen LogP) is 4.35. The van der Waals surface area contributed by atoms with Crippen LogP contribution in [0.2, 0.25) is 0 Å². The van der Waals surface area contributed by atoms with E-state index in [9.17, 15) is 13.2 Å². The highest BCUT2D eigenvalue weighted by Gasteiger charge is 2.19. The van der Waals surface area contributed by atoms with Gasteiger partial charge in [-0.3, -0.25) is 9.52 Å². The van der Waals surface area contributed by atoms with Gasteiger partial charge < -0.3 is 4.74 Å².